The second kappa shape index (κ2) is 10.0. The quantitative estimate of drug-likeness (QED) is 0.298. The molecule has 0 aliphatic heterocycles. The first-order chi connectivity index (χ1) is 16.8. The molecular formula is C23H27N9O3. The summed E-state index contributed by atoms with van der Waals surface area (Å²) in [4.78, 5) is 23.0. The van der Waals surface area contributed by atoms with Crippen LogP contribution >= 0.6 is 0 Å². The summed E-state index contributed by atoms with van der Waals surface area (Å²) in [7, 11) is 7.17. The minimum absolute atomic E-state index is 0.139. The van der Waals surface area contributed by atoms with Crippen molar-refractivity contribution < 1.29 is 14.3 Å². The first-order valence-corrected chi connectivity index (χ1v) is 10.7. The molecule has 0 radical (unpaired) electrons. The minimum Gasteiger partial charge on any atom is -0.493 e. The summed E-state index contributed by atoms with van der Waals surface area (Å²) < 4.78 is 13.2. The highest BCUT2D eigenvalue weighted by Gasteiger charge is 2.13. The molecule has 35 heavy (non-hydrogen) atoms. The molecule has 0 atom stereocenters. The van der Waals surface area contributed by atoms with Gasteiger partial charge in [0.25, 0.3) is 0 Å². The average Bonchev–Trinajstić information content (AvgIpc) is 3.43. The van der Waals surface area contributed by atoms with Crippen molar-refractivity contribution in [1.82, 2.24) is 24.7 Å². The summed E-state index contributed by atoms with van der Waals surface area (Å²) in [6.07, 6.45) is 1.84. The molecule has 0 fully saturated rings. The number of carbonyl (C=O) groups is 1. The van der Waals surface area contributed by atoms with Gasteiger partial charge in [0.2, 0.25) is 0 Å². The predicted molar refractivity (Wildman–Crippen MR) is 134 cm³/mol. The van der Waals surface area contributed by atoms with Crippen LogP contribution in [-0.2, 0) is 7.05 Å². The molecule has 0 saturated carbocycles. The number of hydrogen-bond acceptors (Lipinski definition) is 8. The van der Waals surface area contributed by atoms with Crippen LogP contribution in [-0.4, -0.2) is 52.0 Å². The van der Waals surface area contributed by atoms with Crippen molar-refractivity contribution in [2.24, 2.45) is 7.05 Å². The Hall–Kier alpha value is -4.74. The van der Waals surface area contributed by atoms with Crippen molar-refractivity contribution in [3.05, 3.63) is 54.4 Å². The van der Waals surface area contributed by atoms with E-state index in [2.05, 4.69) is 36.1 Å². The zero-order valence-corrected chi connectivity index (χ0v) is 20.1. The van der Waals surface area contributed by atoms with Gasteiger partial charge in [-0.2, -0.15) is 10.1 Å². The molecule has 0 aliphatic rings. The van der Waals surface area contributed by atoms with Crippen LogP contribution in [0.1, 0.15) is 5.69 Å². The molecule has 12 nitrogen and oxygen atoms in total. The van der Waals surface area contributed by atoms with Gasteiger partial charge in [0.1, 0.15) is 17.5 Å². The Labute approximate surface area is 202 Å². The lowest BCUT2D eigenvalue weighted by atomic mass is 10.2. The number of nitrogens with one attached hydrogen (secondary N) is 4. The number of methoxy groups -OCH3 is 1. The number of urea groups is 1. The molecule has 3 heterocycles. The van der Waals surface area contributed by atoms with E-state index >= 15 is 0 Å². The fourth-order valence-electron chi connectivity index (χ4n) is 3.19. The van der Waals surface area contributed by atoms with Crippen molar-refractivity contribution in [3.8, 4) is 17.5 Å². The number of carbonyl (C=O) groups excluding carboxylic acids is 1. The monoisotopic (exact) mass is 477 g/mol. The van der Waals surface area contributed by atoms with Gasteiger partial charge in [-0.15, -0.1) is 0 Å². The van der Waals surface area contributed by atoms with Crippen molar-refractivity contribution in [3.63, 3.8) is 0 Å². The lowest BCUT2D eigenvalue weighted by molar-refractivity contribution is 0.262. The third-order valence-corrected chi connectivity index (χ3v) is 4.93. The maximum Gasteiger partial charge on any atom is 0.324 e. The van der Waals surface area contributed by atoms with Crippen LogP contribution in [0.15, 0.2) is 48.7 Å². The van der Waals surface area contributed by atoms with Gasteiger partial charge in [-0.05, 0) is 31.2 Å². The second-order valence-electron chi connectivity index (χ2n) is 7.89. The maximum atomic E-state index is 12.3. The zero-order chi connectivity index (χ0) is 24.9. The number of aromatic amines is 1. The van der Waals surface area contributed by atoms with Gasteiger partial charge in [0.05, 0.1) is 7.11 Å². The normalized spacial score (nSPS) is 10.5. The van der Waals surface area contributed by atoms with Crippen molar-refractivity contribution in [2.75, 3.05) is 42.1 Å². The first kappa shape index (κ1) is 23.4. The van der Waals surface area contributed by atoms with Gasteiger partial charge in [-0.1, -0.05) is 0 Å². The first-order valence-electron chi connectivity index (χ1n) is 10.7. The molecule has 0 spiro atoms. The Morgan fingerprint density at radius 1 is 1.09 bits per heavy atom. The molecule has 4 rings (SSSR count). The smallest absolute Gasteiger partial charge is 0.324 e. The highest BCUT2D eigenvalue weighted by molar-refractivity contribution is 5.99. The Morgan fingerprint density at radius 3 is 2.60 bits per heavy atom. The largest absolute Gasteiger partial charge is 0.493 e. The van der Waals surface area contributed by atoms with Crippen molar-refractivity contribution in [2.45, 2.75) is 6.92 Å². The van der Waals surface area contributed by atoms with E-state index in [1.54, 1.807) is 34.9 Å². The van der Waals surface area contributed by atoms with Crippen molar-refractivity contribution >= 4 is 35.0 Å². The number of benzene rings is 1. The second-order valence-corrected chi connectivity index (χ2v) is 7.89. The Kier molecular flexibility index (Phi) is 6.71. The van der Waals surface area contributed by atoms with E-state index in [9.17, 15) is 4.79 Å². The summed E-state index contributed by atoms with van der Waals surface area (Å²) >= 11 is 0. The standard InChI is InChI=1S/C23H27N9O3/c1-14-11-18(26-19-13-21(30-29-19)31(2)3)27-23(24-14)35-16-9-8-15(12-17(16)34-5)25-22(33)28-20-7-6-10-32(20)4/h6-13H,1-5H3,(H2,25,28,33)(H2,24,26,27,29,30). The van der Waals surface area contributed by atoms with Crippen LogP contribution in [0.3, 0.4) is 0 Å². The summed E-state index contributed by atoms with van der Waals surface area (Å²) in [5.41, 5.74) is 1.24. The lowest BCUT2D eigenvalue weighted by Crippen LogP contribution is -2.20. The van der Waals surface area contributed by atoms with E-state index in [4.69, 9.17) is 9.47 Å². The predicted octanol–water partition coefficient (Wildman–Crippen LogP) is 4.10. The Balaban J connectivity index is 1.47. The summed E-state index contributed by atoms with van der Waals surface area (Å²) in [6.45, 7) is 1.84. The Morgan fingerprint density at radius 2 is 1.91 bits per heavy atom. The number of rotatable bonds is 8. The molecule has 1 aromatic carbocycles. The minimum atomic E-state index is -0.378. The molecule has 0 bridgehead atoms. The molecule has 0 saturated heterocycles. The van der Waals surface area contributed by atoms with Crippen LogP contribution in [0.4, 0.5) is 33.8 Å². The van der Waals surface area contributed by atoms with Gasteiger partial charge < -0.3 is 29.6 Å². The molecule has 182 valence electrons. The lowest BCUT2D eigenvalue weighted by Gasteiger charge is -2.13. The molecule has 4 aromatic rings. The van der Waals surface area contributed by atoms with Crippen LogP contribution in [0, 0.1) is 6.92 Å². The summed E-state index contributed by atoms with van der Waals surface area (Å²) in [5, 5.41) is 15.8. The van der Waals surface area contributed by atoms with E-state index in [1.807, 2.05) is 51.3 Å². The van der Waals surface area contributed by atoms with Gasteiger partial charge in [0.15, 0.2) is 17.3 Å². The van der Waals surface area contributed by atoms with E-state index in [0.29, 0.717) is 40.3 Å². The molecule has 0 unspecified atom stereocenters. The molecule has 4 N–H and O–H groups in total. The highest BCUT2D eigenvalue weighted by Crippen LogP contribution is 2.33. The third kappa shape index (κ3) is 5.79. The molecule has 2 amide bonds. The topological polar surface area (TPSA) is 134 Å². The van der Waals surface area contributed by atoms with Gasteiger partial charge in [-0.25, -0.2) is 9.78 Å². The SMILES string of the molecule is COc1cc(NC(=O)Nc2cccn2C)ccc1Oc1nc(C)cc(Nc2cc(N(C)C)n[nH]2)n1. The van der Waals surface area contributed by atoms with Gasteiger partial charge in [-0.3, -0.25) is 10.4 Å². The van der Waals surface area contributed by atoms with E-state index in [1.165, 1.54) is 7.11 Å². The van der Waals surface area contributed by atoms with E-state index < -0.39 is 0 Å². The number of H-pyrrole nitrogens is 1. The zero-order valence-electron chi connectivity index (χ0n) is 20.1. The number of amides is 2. The number of anilines is 5. The van der Waals surface area contributed by atoms with Crippen LogP contribution in [0.25, 0.3) is 0 Å². The fourth-order valence-corrected chi connectivity index (χ4v) is 3.19. The van der Waals surface area contributed by atoms with Crippen molar-refractivity contribution in [1.29, 1.82) is 0 Å². The molecule has 3 aromatic heterocycles. The number of nitrogens with zero attached hydrogens (tertiary/aromatic N) is 5. The van der Waals surface area contributed by atoms with Gasteiger partial charge in [0, 0.05) is 56.9 Å². The van der Waals surface area contributed by atoms with Crippen LogP contribution in [0.5, 0.6) is 17.5 Å². The Bertz CT molecular complexity index is 1330. The number of aryl methyl sites for hydroxylation is 2. The molecule has 12 heteroatoms. The van der Waals surface area contributed by atoms with E-state index in [0.717, 1.165) is 5.82 Å². The van der Waals surface area contributed by atoms with Crippen LogP contribution in [0.2, 0.25) is 0 Å². The average molecular weight is 478 g/mol. The molecule has 0 aliphatic carbocycles. The maximum absolute atomic E-state index is 12.3. The fraction of sp³-hybridized carbons (Fsp3) is 0.217. The highest BCUT2D eigenvalue weighted by atomic mass is 16.5. The summed E-state index contributed by atoms with van der Waals surface area (Å²) in [5.74, 6) is 3.48. The van der Waals surface area contributed by atoms with Crippen LogP contribution < -0.4 is 30.3 Å². The van der Waals surface area contributed by atoms with Gasteiger partial charge >= 0.3 is 12.0 Å². The number of aromatic nitrogens is 5. The summed E-state index contributed by atoms with van der Waals surface area (Å²) in [6, 6.07) is 12.1. The number of hydrogen-bond donors (Lipinski definition) is 4. The number of ether oxygens (including phenoxy) is 2. The third-order valence-electron chi connectivity index (χ3n) is 4.93. The molecular weight excluding hydrogens is 450 g/mol. The van der Waals surface area contributed by atoms with E-state index in [-0.39, 0.29) is 12.0 Å².